The largest absolute Gasteiger partial charge is 0.369 e. The van der Waals surface area contributed by atoms with Crippen molar-refractivity contribution in [2.45, 2.75) is 52.2 Å². The molecule has 0 amide bonds. The van der Waals surface area contributed by atoms with Crippen molar-refractivity contribution < 1.29 is 0 Å². The quantitative estimate of drug-likeness (QED) is 0.898. The second kappa shape index (κ2) is 6.37. The van der Waals surface area contributed by atoms with Crippen molar-refractivity contribution in [2.24, 2.45) is 0 Å². The molecule has 0 bridgehead atoms. The van der Waals surface area contributed by atoms with E-state index < -0.39 is 0 Å². The molecule has 116 valence electrons. The van der Waals surface area contributed by atoms with E-state index in [4.69, 9.17) is 0 Å². The third-order valence-corrected chi connectivity index (χ3v) is 4.77. The van der Waals surface area contributed by atoms with Crippen LogP contribution in [0.15, 0.2) is 18.2 Å². The Bertz CT molecular complexity index is 471. The molecule has 2 aliphatic rings. The molecule has 21 heavy (non-hydrogen) atoms. The van der Waals surface area contributed by atoms with E-state index in [9.17, 15) is 0 Å². The fraction of sp³-hybridized carbons (Fsp3) is 0.667. The molecular formula is C18H29N3. The highest BCUT2D eigenvalue weighted by Crippen LogP contribution is 2.29. The van der Waals surface area contributed by atoms with E-state index in [2.05, 4.69) is 54.1 Å². The lowest BCUT2D eigenvalue weighted by Gasteiger charge is -2.36. The van der Waals surface area contributed by atoms with Crippen LogP contribution in [-0.4, -0.2) is 43.2 Å². The van der Waals surface area contributed by atoms with E-state index in [-0.39, 0.29) is 0 Å². The van der Waals surface area contributed by atoms with Crippen LogP contribution in [0.5, 0.6) is 0 Å². The number of hydrogen-bond donors (Lipinski definition) is 1. The van der Waals surface area contributed by atoms with Crippen molar-refractivity contribution in [3.05, 3.63) is 29.3 Å². The molecule has 2 fully saturated rings. The van der Waals surface area contributed by atoms with E-state index in [0.29, 0.717) is 6.04 Å². The first-order valence-electron chi connectivity index (χ1n) is 8.45. The molecule has 0 aromatic heterocycles. The molecule has 1 aromatic carbocycles. The number of nitrogens with one attached hydrogen (secondary N) is 1. The maximum atomic E-state index is 3.51. The standard InChI is InChI=1S/C18H29N3/c1-14(2)19-13-16-4-5-18(12-15(16)3)21-10-8-20(9-11-21)17-6-7-17/h4-5,12,14,17,19H,6-11,13H2,1-3H3. The molecule has 1 aliphatic heterocycles. The molecule has 1 heterocycles. The highest BCUT2D eigenvalue weighted by molar-refractivity contribution is 5.51. The zero-order valence-electron chi connectivity index (χ0n) is 13.7. The van der Waals surface area contributed by atoms with Crippen LogP contribution in [-0.2, 0) is 6.54 Å². The summed E-state index contributed by atoms with van der Waals surface area (Å²) in [6.45, 7) is 12.4. The first-order valence-corrected chi connectivity index (χ1v) is 8.45. The summed E-state index contributed by atoms with van der Waals surface area (Å²) in [6, 6.07) is 8.42. The smallest absolute Gasteiger partial charge is 0.0369 e. The van der Waals surface area contributed by atoms with Gasteiger partial charge in [0.05, 0.1) is 0 Å². The summed E-state index contributed by atoms with van der Waals surface area (Å²) in [7, 11) is 0. The van der Waals surface area contributed by atoms with Crippen molar-refractivity contribution in [3.63, 3.8) is 0 Å². The highest BCUT2D eigenvalue weighted by Gasteiger charge is 2.31. The third-order valence-electron chi connectivity index (χ3n) is 4.77. The second-order valence-electron chi connectivity index (χ2n) is 6.90. The van der Waals surface area contributed by atoms with Gasteiger partial charge in [-0.1, -0.05) is 19.9 Å². The van der Waals surface area contributed by atoms with Gasteiger partial charge in [-0.15, -0.1) is 0 Å². The van der Waals surface area contributed by atoms with Gasteiger partial charge in [-0.25, -0.2) is 0 Å². The van der Waals surface area contributed by atoms with Crippen LogP contribution in [0.1, 0.15) is 37.8 Å². The summed E-state index contributed by atoms with van der Waals surface area (Å²) in [5, 5.41) is 3.51. The molecule has 3 heteroatoms. The highest BCUT2D eigenvalue weighted by atomic mass is 15.3. The van der Waals surface area contributed by atoms with Gasteiger partial charge < -0.3 is 10.2 Å². The van der Waals surface area contributed by atoms with Gasteiger partial charge in [0.25, 0.3) is 0 Å². The second-order valence-corrected chi connectivity index (χ2v) is 6.90. The molecule has 0 unspecified atom stereocenters. The van der Waals surface area contributed by atoms with Crippen LogP contribution < -0.4 is 10.2 Å². The number of hydrogen-bond acceptors (Lipinski definition) is 3. The minimum absolute atomic E-state index is 0.541. The first-order chi connectivity index (χ1) is 10.1. The topological polar surface area (TPSA) is 18.5 Å². The van der Waals surface area contributed by atoms with Gasteiger partial charge in [0.15, 0.2) is 0 Å². The Kier molecular flexibility index (Phi) is 4.51. The minimum atomic E-state index is 0.541. The van der Waals surface area contributed by atoms with Crippen LogP contribution in [0.25, 0.3) is 0 Å². The molecule has 1 saturated carbocycles. The summed E-state index contributed by atoms with van der Waals surface area (Å²) in [4.78, 5) is 5.22. The van der Waals surface area contributed by atoms with Gasteiger partial charge in [-0.05, 0) is 43.0 Å². The van der Waals surface area contributed by atoms with E-state index in [1.54, 1.807) is 0 Å². The molecule has 3 nitrogen and oxygen atoms in total. The fourth-order valence-electron chi connectivity index (χ4n) is 3.17. The van der Waals surface area contributed by atoms with Gasteiger partial charge >= 0.3 is 0 Å². The normalized spacial score (nSPS) is 20.3. The van der Waals surface area contributed by atoms with Crippen LogP contribution in [0.3, 0.4) is 0 Å². The molecule has 3 rings (SSSR count). The molecule has 1 N–H and O–H groups in total. The third kappa shape index (κ3) is 3.78. The predicted octanol–water partition coefficient (Wildman–Crippen LogP) is 2.78. The predicted molar refractivity (Wildman–Crippen MR) is 90.0 cm³/mol. The first kappa shape index (κ1) is 14.9. The molecule has 0 atom stereocenters. The Hall–Kier alpha value is -1.06. The van der Waals surface area contributed by atoms with Gasteiger partial charge in [-0.2, -0.15) is 0 Å². The number of benzene rings is 1. The Morgan fingerprint density at radius 1 is 1.14 bits per heavy atom. The Morgan fingerprint density at radius 3 is 2.43 bits per heavy atom. The van der Waals surface area contributed by atoms with Crippen LogP contribution >= 0.6 is 0 Å². The average molecular weight is 287 g/mol. The van der Waals surface area contributed by atoms with E-state index in [1.807, 2.05) is 0 Å². The minimum Gasteiger partial charge on any atom is -0.369 e. The maximum Gasteiger partial charge on any atom is 0.0369 e. The Labute approximate surface area is 129 Å². The summed E-state index contributed by atoms with van der Waals surface area (Å²) in [5.74, 6) is 0. The molecule has 1 aromatic rings. The average Bonchev–Trinajstić information content (AvgIpc) is 3.30. The molecule has 1 aliphatic carbocycles. The molecule has 0 spiro atoms. The monoisotopic (exact) mass is 287 g/mol. The zero-order valence-corrected chi connectivity index (χ0v) is 13.7. The van der Waals surface area contributed by atoms with Gasteiger partial charge in [-0.3, -0.25) is 4.90 Å². The van der Waals surface area contributed by atoms with Crippen LogP contribution in [0.2, 0.25) is 0 Å². The van der Waals surface area contributed by atoms with E-state index >= 15 is 0 Å². The number of piperazine rings is 1. The fourth-order valence-corrected chi connectivity index (χ4v) is 3.17. The summed E-state index contributed by atoms with van der Waals surface area (Å²) >= 11 is 0. The van der Waals surface area contributed by atoms with Gasteiger partial charge in [0.2, 0.25) is 0 Å². The summed E-state index contributed by atoms with van der Waals surface area (Å²) in [6.07, 6.45) is 2.85. The van der Waals surface area contributed by atoms with Crippen LogP contribution in [0, 0.1) is 6.92 Å². The van der Waals surface area contributed by atoms with E-state index in [1.165, 1.54) is 55.8 Å². The van der Waals surface area contributed by atoms with Crippen molar-refractivity contribution in [2.75, 3.05) is 31.1 Å². The van der Waals surface area contributed by atoms with Crippen molar-refractivity contribution in [1.82, 2.24) is 10.2 Å². The summed E-state index contributed by atoms with van der Waals surface area (Å²) < 4.78 is 0. The van der Waals surface area contributed by atoms with Crippen molar-refractivity contribution >= 4 is 5.69 Å². The Balaban J connectivity index is 1.59. The van der Waals surface area contributed by atoms with Gasteiger partial charge in [0, 0.05) is 50.5 Å². The number of nitrogens with zero attached hydrogens (tertiary/aromatic N) is 2. The number of anilines is 1. The van der Waals surface area contributed by atoms with Gasteiger partial charge in [0.1, 0.15) is 0 Å². The zero-order chi connectivity index (χ0) is 14.8. The SMILES string of the molecule is Cc1cc(N2CCN(C3CC3)CC2)ccc1CNC(C)C. The van der Waals surface area contributed by atoms with Crippen molar-refractivity contribution in [3.8, 4) is 0 Å². The lowest BCUT2D eigenvalue weighted by atomic mass is 10.1. The summed E-state index contributed by atoms with van der Waals surface area (Å²) in [5.41, 5.74) is 4.23. The van der Waals surface area contributed by atoms with Crippen molar-refractivity contribution in [1.29, 1.82) is 0 Å². The lowest BCUT2D eigenvalue weighted by molar-refractivity contribution is 0.248. The number of rotatable bonds is 5. The molecule has 1 saturated heterocycles. The molecular weight excluding hydrogens is 258 g/mol. The van der Waals surface area contributed by atoms with Crippen LogP contribution in [0.4, 0.5) is 5.69 Å². The molecule has 0 radical (unpaired) electrons. The Morgan fingerprint density at radius 2 is 1.86 bits per heavy atom. The lowest BCUT2D eigenvalue weighted by Crippen LogP contribution is -2.47. The van der Waals surface area contributed by atoms with E-state index in [0.717, 1.165) is 12.6 Å². The maximum absolute atomic E-state index is 3.51. The number of aryl methyl sites for hydroxylation is 1.